The minimum absolute atomic E-state index is 0. The van der Waals surface area contributed by atoms with Gasteiger partial charge in [-0.25, -0.2) is 0 Å². The molecule has 0 bridgehead atoms. The number of aryl methyl sites for hydroxylation is 1. The summed E-state index contributed by atoms with van der Waals surface area (Å²) in [7, 11) is 1.60. The summed E-state index contributed by atoms with van der Waals surface area (Å²) in [5, 5.41) is 12.5. The van der Waals surface area contributed by atoms with Gasteiger partial charge in [0.1, 0.15) is 5.75 Å². The van der Waals surface area contributed by atoms with Gasteiger partial charge in [0.2, 0.25) is 0 Å². The average molecular weight is 368 g/mol. The maximum absolute atomic E-state index is 12.7. The van der Waals surface area contributed by atoms with E-state index in [0.29, 0.717) is 16.3 Å². The summed E-state index contributed by atoms with van der Waals surface area (Å²) in [5.41, 5.74) is 2.20. The van der Waals surface area contributed by atoms with Gasteiger partial charge in [-0.3, -0.25) is 4.79 Å². The molecule has 130 valence electrons. The van der Waals surface area contributed by atoms with E-state index in [1.807, 2.05) is 37.3 Å². The third-order valence-corrected chi connectivity index (χ3v) is 4.28. The van der Waals surface area contributed by atoms with Crippen LogP contribution in [0, 0.1) is 6.92 Å². The van der Waals surface area contributed by atoms with E-state index in [2.05, 4.69) is 0 Å². The first-order valence-electron chi connectivity index (χ1n) is 8.11. The van der Waals surface area contributed by atoms with E-state index in [1.165, 1.54) is 18.2 Å². The number of carboxylic acids is 1. The summed E-state index contributed by atoms with van der Waals surface area (Å²) in [6.45, 7) is 1.82. The number of carbonyl (C=O) groups is 2. The van der Waals surface area contributed by atoms with Gasteiger partial charge >= 0.3 is 29.6 Å². The van der Waals surface area contributed by atoms with E-state index in [1.54, 1.807) is 25.3 Å². The largest absolute Gasteiger partial charge is 1.00 e. The Balaban J connectivity index is 0.00000261. The third-order valence-electron chi connectivity index (χ3n) is 4.28. The van der Waals surface area contributed by atoms with Crippen molar-refractivity contribution in [2.45, 2.75) is 6.92 Å². The molecular formula is C22H17NaO4. The van der Waals surface area contributed by atoms with Crippen molar-refractivity contribution < 1.29 is 49.0 Å². The van der Waals surface area contributed by atoms with E-state index in [9.17, 15) is 14.7 Å². The van der Waals surface area contributed by atoms with Crippen LogP contribution >= 0.6 is 0 Å². The molecule has 0 aliphatic rings. The Bertz CT molecular complexity index is 1020. The number of fused-ring (bicyclic) bond motifs is 1. The predicted octanol–water partition coefficient (Wildman–Crippen LogP) is 0.420. The molecule has 0 amide bonds. The van der Waals surface area contributed by atoms with Gasteiger partial charge in [0.25, 0.3) is 0 Å². The Hall–Kier alpha value is -2.40. The van der Waals surface area contributed by atoms with Gasteiger partial charge in [0.05, 0.1) is 13.1 Å². The molecule has 0 spiro atoms. The van der Waals surface area contributed by atoms with E-state index in [0.717, 1.165) is 16.9 Å². The van der Waals surface area contributed by atoms with Crippen molar-refractivity contribution in [3.05, 3.63) is 82.9 Å². The molecule has 0 fully saturated rings. The number of hydrogen-bond acceptors (Lipinski definition) is 4. The Morgan fingerprint density at radius 2 is 1.63 bits per heavy atom. The minimum Gasteiger partial charge on any atom is -0.545 e. The Morgan fingerprint density at radius 3 is 2.26 bits per heavy atom. The van der Waals surface area contributed by atoms with Crippen LogP contribution in [-0.4, -0.2) is 18.9 Å². The van der Waals surface area contributed by atoms with Crippen LogP contribution in [-0.2, 0) is 0 Å². The molecule has 0 atom stereocenters. The number of aromatic carboxylic acids is 1. The summed E-state index contributed by atoms with van der Waals surface area (Å²) in [6, 6.07) is 15.7. The number of hydrogen-bond donors (Lipinski definition) is 0. The quantitative estimate of drug-likeness (QED) is 0.372. The van der Waals surface area contributed by atoms with Gasteiger partial charge in [0, 0.05) is 11.1 Å². The van der Waals surface area contributed by atoms with Crippen molar-refractivity contribution in [1.29, 1.82) is 0 Å². The van der Waals surface area contributed by atoms with Crippen molar-refractivity contribution in [2.24, 2.45) is 0 Å². The molecule has 5 heteroatoms. The van der Waals surface area contributed by atoms with Crippen LogP contribution < -0.4 is 39.4 Å². The summed E-state index contributed by atoms with van der Waals surface area (Å²) < 4.78 is 5.11. The zero-order valence-corrected chi connectivity index (χ0v) is 17.5. The zero-order valence-electron chi connectivity index (χ0n) is 15.5. The summed E-state index contributed by atoms with van der Waals surface area (Å²) in [4.78, 5) is 24.1. The molecule has 0 saturated carbocycles. The van der Waals surface area contributed by atoms with Crippen molar-refractivity contribution >= 4 is 28.6 Å². The summed E-state index contributed by atoms with van der Waals surface area (Å²) in [6.07, 6.45) is 3.20. The van der Waals surface area contributed by atoms with Crippen LogP contribution in [0.1, 0.15) is 31.8 Å². The molecule has 0 aliphatic heterocycles. The molecule has 27 heavy (non-hydrogen) atoms. The van der Waals surface area contributed by atoms with Gasteiger partial charge in [-0.2, -0.15) is 0 Å². The monoisotopic (exact) mass is 368 g/mol. The van der Waals surface area contributed by atoms with Crippen molar-refractivity contribution in [3.8, 4) is 5.75 Å². The summed E-state index contributed by atoms with van der Waals surface area (Å²) >= 11 is 0. The van der Waals surface area contributed by atoms with Gasteiger partial charge in [0.15, 0.2) is 5.78 Å². The topological polar surface area (TPSA) is 66.4 Å². The fourth-order valence-corrected chi connectivity index (χ4v) is 2.95. The van der Waals surface area contributed by atoms with Gasteiger partial charge < -0.3 is 14.6 Å². The zero-order chi connectivity index (χ0) is 18.7. The van der Waals surface area contributed by atoms with Crippen LogP contribution in [0.15, 0.2) is 60.7 Å². The van der Waals surface area contributed by atoms with Crippen molar-refractivity contribution in [2.75, 3.05) is 7.11 Å². The number of methoxy groups -OCH3 is 1. The average Bonchev–Trinajstić information content (AvgIpc) is 2.65. The molecular weight excluding hydrogens is 351 g/mol. The number of carbonyl (C=O) groups excluding carboxylic acids is 2. The third kappa shape index (κ3) is 4.48. The molecule has 0 N–H and O–H groups in total. The molecule has 0 saturated heterocycles. The van der Waals surface area contributed by atoms with E-state index in [4.69, 9.17) is 4.74 Å². The number of allylic oxidation sites excluding steroid dienone is 1. The molecule has 3 rings (SSSR count). The number of ketones is 1. The first kappa shape index (κ1) is 20.9. The molecule has 3 aromatic carbocycles. The Kier molecular flexibility index (Phi) is 6.97. The van der Waals surface area contributed by atoms with Crippen LogP contribution in [0.25, 0.3) is 16.8 Å². The SMILES string of the molecule is COc1ccc(/C=C/C(=O)c2ccc(C(=O)[O-])c3c(C)cccc23)cc1.[Na+]. The molecule has 0 radical (unpaired) electrons. The van der Waals surface area contributed by atoms with Crippen LogP contribution in [0.2, 0.25) is 0 Å². The smallest absolute Gasteiger partial charge is 0.545 e. The number of rotatable bonds is 5. The van der Waals surface area contributed by atoms with Gasteiger partial charge in [-0.15, -0.1) is 0 Å². The van der Waals surface area contributed by atoms with Gasteiger partial charge in [-0.1, -0.05) is 42.5 Å². The second-order valence-corrected chi connectivity index (χ2v) is 5.92. The second kappa shape index (κ2) is 9.00. The number of benzene rings is 3. The van der Waals surface area contributed by atoms with E-state index < -0.39 is 5.97 Å². The van der Waals surface area contributed by atoms with Crippen LogP contribution in [0.4, 0.5) is 0 Å². The molecule has 0 aliphatic carbocycles. The maximum Gasteiger partial charge on any atom is 1.00 e. The summed E-state index contributed by atoms with van der Waals surface area (Å²) in [5.74, 6) is -0.703. The molecule has 0 heterocycles. The Labute approximate surface area is 179 Å². The van der Waals surface area contributed by atoms with Gasteiger partial charge in [-0.05, 0) is 53.1 Å². The normalized spacial score (nSPS) is 10.6. The molecule has 0 unspecified atom stereocenters. The van der Waals surface area contributed by atoms with Crippen molar-refractivity contribution in [1.82, 2.24) is 0 Å². The first-order valence-corrected chi connectivity index (χ1v) is 8.11. The first-order chi connectivity index (χ1) is 12.5. The number of carboxylic acid groups (broad SMARTS) is 1. The molecule has 4 nitrogen and oxygen atoms in total. The standard InChI is InChI=1S/C22H18O4.Na/c1-14-4-3-5-18-17(11-12-19(21(14)18)22(24)25)20(23)13-8-15-6-9-16(26-2)10-7-15;/h3-13H,1-2H3,(H,24,25);/q;+1/p-1/b13-8+;. The number of ether oxygens (including phenoxy) is 1. The van der Waals surface area contributed by atoms with Crippen molar-refractivity contribution in [3.63, 3.8) is 0 Å². The van der Waals surface area contributed by atoms with E-state index >= 15 is 0 Å². The minimum atomic E-state index is -1.25. The maximum atomic E-state index is 12.7. The predicted molar refractivity (Wildman–Crippen MR) is 99.4 cm³/mol. The molecule has 0 aromatic heterocycles. The second-order valence-electron chi connectivity index (χ2n) is 5.92. The Morgan fingerprint density at radius 1 is 0.963 bits per heavy atom. The van der Waals surface area contributed by atoms with Crippen LogP contribution in [0.5, 0.6) is 5.75 Å². The fraction of sp³-hybridized carbons (Fsp3) is 0.0909. The fourth-order valence-electron chi connectivity index (χ4n) is 2.95. The molecule has 3 aromatic rings. The van der Waals surface area contributed by atoms with E-state index in [-0.39, 0.29) is 40.9 Å². The van der Waals surface area contributed by atoms with Crippen LogP contribution in [0.3, 0.4) is 0 Å².